The molecule has 0 aliphatic rings. The quantitative estimate of drug-likeness (QED) is 0.120. The molecule has 0 saturated heterocycles. The number of benzene rings is 5. The second kappa shape index (κ2) is 24.5. The van der Waals surface area contributed by atoms with Gasteiger partial charge in [-0.25, -0.2) is 0 Å². The average Bonchev–Trinajstić information content (AvgIpc) is 3.23. The van der Waals surface area contributed by atoms with Crippen molar-refractivity contribution in [3.8, 4) is 0 Å². The summed E-state index contributed by atoms with van der Waals surface area (Å²) in [7, 11) is -0.171. The van der Waals surface area contributed by atoms with Crippen molar-refractivity contribution in [2.75, 3.05) is 6.66 Å². The van der Waals surface area contributed by atoms with E-state index in [0.717, 1.165) is 0 Å². The van der Waals surface area contributed by atoms with Gasteiger partial charge in [0.2, 0.25) is 0 Å². The van der Waals surface area contributed by atoms with Gasteiger partial charge in [-0.1, -0.05) is 60.7 Å². The van der Waals surface area contributed by atoms with Crippen LogP contribution < -0.4 is 10.6 Å². The van der Waals surface area contributed by atoms with E-state index in [0.29, 0.717) is 11.8 Å². The molecular formula is C48H50F12NO2PW. The SMILES string of the molecule is CC(C)c1cccc(C(C)C)c1[N]=[W]=[CH]C=C(c1ccccc1)c1ccccc1.CC(O)(C(F)(F)F)C(F)(F)F.CC(O)(C(F)(F)F)C(F)(F)F.CP(c1ccccc1)c1ccccc1. The summed E-state index contributed by atoms with van der Waals surface area (Å²) in [5, 5.41) is 18.8. The molecule has 3 nitrogen and oxygen atoms in total. The first kappa shape index (κ1) is 56.8. The third-order valence-corrected chi connectivity index (χ3v) is 13.6. The number of aliphatic hydroxyl groups is 2. The molecule has 2 N–H and O–H groups in total. The van der Waals surface area contributed by atoms with Crippen LogP contribution in [0, 0.1) is 0 Å². The van der Waals surface area contributed by atoms with E-state index in [4.69, 9.17) is 13.7 Å². The third kappa shape index (κ3) is 16.8. The van der Waals surface area contributed by atoms with Crippen molar-refractivity contribution in [1.82, 2.24) is 0 Å². The number of nitrogens with zero attached hydrogens (tertiary/aromatic N) is 1. The Morgan fingerprint density at radius 1 is 0.492 bits per heavy atom. The summed E-state index contributed by atoms with van der Waals surface area (Å²) in [5.74, 6) is 0.983. The van der Waals surface area contributed by atoms with Crippen LogP contribution in [0.5, 0.6) is 0 Å². The molecular weight excluding hydrogens is 1070 g/mol. The summed E-state index contributed by atoms with van der Waals surface area (Å²) in [5.41, 5.74) is -1.49. The first-order chi connectivity index (χ1) is 30.0. The van der Waals surface area contributed by atoms with Crippen molar-refractivity contribution in [1.29, 1.82) is 0 Å². The van der Waals surface area contributed by atoms with Crippen molar-refractivity contribution in [2.24, 2.45) is 3.50 Å². The zero-order valence-corrected chi connectivity index (χ0v) is 40.1. The van der Waals surface area contributed by atoms with Crippen LogP contribution in [0.4, 0.5) is 58.4 Å². The van der Waals surface area contributed by atoms with Gasteiger partial charge in [-0.2, -0.15) is 52.7 Å². The van der Waals surface area contributed by atoms with E-state index in [9.17, 15) is 52.7 Å². The Balaban J connectivity index is 0.000000336. The summed E-state index contributed by atoms with van der Waals surface area (Å²) in [6.07, 6.45) is -20.5. The second-order valence-electron chi connectivity index (χ2n) is 15.1. The van der Waals surface area contributed by atoms with Crippen molar-refractivity contribution in [3.63, 3.8) is 0 Å². The van der Waals surface area contributed by atoms with E-state index in [1.54, 1.807) is 0 Å². The topological polar surface area (TPSA) is 52.8 Å². The van der Waals surface area contributed by atoms with Crippen LogP contribution in [0.3, 0.4) is 0 Å². The Morgan fingerprint density at radius 3 is 1.05 bits per heavy atom. The smallest absolute Gasteiger partial charge is 0.374 e. The van der Waals surface area contributed by atoms with Crippen LogP contribution in [-0.2, 0) is 17.9 Å². The number of allylic oxidation sites excluding steroid dienone is 1. The minimum atomic E-state index is -5.69. The Bertz CT molecular complexity index is 2090. The van der Waals surface area contributed by atoms with Gasteiger partial charge in [-0.3, -0.25) is 0 Å². The van der Waals surface area contributed by atoms with Crippen LogP contribution in [-0.4, -0.2) is 57.2 Å². The van der Waals surface area contributed by atoms with Crippen LogP contribution in [0.15, 0.2) is 149 Å². The molecule has 0 heterocycles. The van der Waals surface area contributed by atoms with Gasteiger partial charge in [0.05, 0.1) is 0 Å². The molecule has 0 unspecified atom stereocenters. The maximum absolute atomic E-state index is 11.4. The van der Waals surface area contributed by atoms with E-state index in [1.165, 1.54) is 44.1 Å². The fraction of sp³-hybridized carbons (Fsp3) is 0.312. The van der Waals surface area contributed by atoms with E-state index in [2.05, 4.69) is 184 Å². The van der Waals surface area contributed by atoms with Gasteiger partial charge in [0, 0.05) is 0 Å². The van der Waals surface area contributed by atoms with Crippen LogP contribution in [0.2, 0.25) is 0 Å². The Morgan fingerprint density at radius 2 is 0.785 bits per heavy atom. The van der Waals surface area contributed by atoms with Gasteiger partial charge >= 0.3 is 209 Å². The summed E-state index contributed by atoms with van der Waals surface area (Å²) in [6, 6.07) is 49.3. The van der Waals surface area contributed by atoms with Crippen molar-refractivity contribution < 1.29 is 80.8 Å². The minimum absolute atomic E-state index is 0.171. The Hall–Kier alpha value is -4.29. The van der Waals surface area contributed by atoms with Gasteiger partial charge in [0.1, 0.15) is 0 Å². The first-order valence-corrected chi connectivity index (χ1v) is 24.4. The zero-order chi connectivity index (χ0) is 49.4. The molecule has 0 bridgehead atoms. The zero-order valence-electron chi connectivity index (χ0n) is 36.3. The largest absolute Gasteiger partial charge is 0.425 e. The first-order valence-electron chi connectivity index (χ1n) is 19.6. The normalized spacial score (nSPS) is 12.2. The fourth-order valence-electron chi connectivity index (χ4n) is 5.17. The molecule has 0 saturated carbocycles. The molecule has 0 radical (unpaired) electrons. The molecule has 0 aliphatic carbocycles. The van der Waals surface area contributed by atoms with Gasteiger partial charge in [0.25, 0.3) is 11.2 Å². The van der Waals surface area contributed by atoms with Crippen molar-refractivity contribution in [2.45, 2.75) is 89.3 Å². The summed E-state index contributed by atoms with van der Waals surface area (Å²) >= 11 is -1.00. The maximum atomic E-state index is 11.4. The van der Waals surface area contributed by atoms with E-state index < -0.39 is 53.8 Å². The molecule has 5 rings (SSSR count). The molecule has 5 aromatic carbocycles. The Labute approximate surface area is 380 Å². The number of halogens is 12. The molecule has 0 aromatic heterocycles. The molecule has 0 aliphatic heterocycles. The van der Waals surface area contributed by atoms with Gasteiger partial charge < -0.3 is 10.2 Å². The maximum Gasteiger partial charge on any atom is 0.425 e. The van der Waals surface area contributed by atoms with Gasteiger partial charge in [-0.05, 0) is 39.0 Å². The van der Waals surface area contributed by atoms with E-state index in [1.807, 2.05) is 0 Å². The number of hydrogen-bond donors (Lipinski definition) is 2. The van der Waals surface area contributed by atoms with Crippen molar-refractivity contribution in [3.05, 3.63) is 168 Å². The minimum Gasteiger partial charge on any atom is -0.374 e. The van der Waals surface area contributed by atoms with Gasteiger partial charge in [-0.15, -0.1) is 0 Å². The van der Waals surface area contributed by atoms with Crippen LogP contribution >= 0.6 is 7.92 Å². The molecule has 0 spiro atoms. The van der Waals surface area contributed by atoms with Crippen LogP contribution in [0.1, 0.15) is 75.6 Å². The molecule has 5 aromatic rings. The van der Waals surface area contributed by atoms with E-state index >= 15 is 0 Å². The number of alkyl halides is 12. The monoisotopic (exact) mass is 1120 g/mol. The molecule has 354 valence electrons. The molecule has 0 fully saturated rings. The predicted octanol–water partition coefficient (Wildman–Crippen LogP) is 14.2. The average molecular weight is 1120 g/mol. The summed E-state index contributed by atoms with van der Waals surface area (Å²) in [4.78, 5) is 0. The predicted molar refractivity (Wildman–Crippen MR) is 233 cm³/mol. The summed E-state index contributed by atoms with van der Waals surface area (Å²) < 4.78 is 144. The summed E-state index contributed by atoms with van der Waals surface area (Å²) in [6.45, 7) is 10.7. The Kier molecular flexibility index (Phi) is 21.4. The van der Waals surface area contributed by atoms with Crippen LogP contribution in [0.25, 0.3) is 5.57 Å². The number of rotatable bonds is 8. The standard InChI is InChI=1S/C15H12.C13H13P.C12H17N.2C4H4F6O.W/c1-2-15(13-9-5-3-6-10-13)14-11-7-4-8-12-14;1-14(12-8-4-2-5-9-12)13-10-6-3-7-11-13;1-8(2)10-6-5-7-11(9(3)4)12(10)13;2*1-2(11,3(5,6)7)4(8,9)10;/h1-12H;2-11H,1H3;5-9H,1-4H3;2*11H,1H3;. The van der Waals surface area contributed by atoms with Crippen molar-refractivity contribution >= 4 is 34.2 Å². The van der Waals surface area contributed by atoms with E-state index in [-0.39, 0.29) is 21.8 Å². The molecule has 17 heteroatoms. The molecule has 65 heavy (non-hydrogen) atoms. The number of hydrogen-bond acceptors (Lipinski definition) is 3. The molecule has 0 atom stereocenters. The fourth-order valence-corrected chi connectivity index (χ4v) is 8.77. The van der Waals surface area contributed by atoms with Gasteiger partial charge in [0.15, 0.2) is 0 Å². The third-order valence-electron chi connectivity index (χ3n) is 9.45. The molecule has 0 amide bonds. The second-order valence-corrected chi connectivity index (χ2v) is 19.6.